The molecule has 1 spiro atoms. The van der Waals surface area contributed by atoms with Crippen molar-refractivity contribution in [1.82, 2.24) is 0 Å². The van der Waals surface area contributed by atoms with E-state index >= 15 is 0 Å². The third kappa shape index (κ3) is 1.92. The third-order valence-corrected chi connectivity index (χ3v) is 9.97. The van der Waals surface area contributed by atoms with Crippen LogP contribution in [0.15, 0.2) is 0 Å². The number of hydrogen-bond acceptors (Lipinski definition) is 3. The van der Waals surface area contributed by atoms with Crippen LogP contribution in [0.1, 0.15) is 78.6 Å². The van der Waals surface area contributed by atoms with Crippen LogP contribution in [0.2, 0.25) is 0 Å². The molecule has 0 amide bonds. The first kappa shape index (κ1) is 16.7. The summed E-state index contributed by atoms with van der Waals surface area (Å²) in [7, 11) is 0. The molecule has 0 bridgehead atoms. The minimum Gasteiger partial charge on any atom is -0.347 e. The highest BCUT2D eigenvalue weighted by Crippen LogP contribution is 2.71. The molecule has 1 saturated heterocycles. The van der Waals surface area contributed by atoms with Gasteiger partial charge in [-0.25, -0.2) is 0 Å². The molecule has 25 heavy (non-hydrogen) atoms. The Labute approximate surface area is 152 Å². The molecule has 4 aliphatic carbocycles. The molecule has 0 aromatic rings. The van der Waals surface area contributed by atoms with Crippen molar-refractivity contribution < 1.29 is 14.3 Å². The number of rotatable bonds is 0. The lowest BCUT2D eigenvalue weighted by Gasteiger charge is -2.64. The van der Waals surface area contributed by atoms with Gasteiger partial charge < -0.3 is 9.47 Å². The van der Waals surface area contributed by atoms with Crippen LogP contribution in [0.3, 0.4) is 0 Å². The number of Topliss-reactive ketones (excluding diaryl/α,β-unsaturated/α-hetero) is 1. The van der Waals surface area contributed by atoms with Crippen LogP contribution >= 0.6 is 0 Å². The minimum atomic E-state index is -0.285. The lowest BCUT2D eigenvalue weighted by molar-refractivity contribution is -0.250. The van der Waals surface area contributed by atoms with Gasteiger partial charge in [0.1, 0.15) is 5.78 Å². The van der Waals surface area contributed by atoms with Crippen LogP contribution in [0.4, 0.5) is 0 Å². The van der Waals surface area contributed by atoms with Gasteiger partial charge in [0.15, 0.2) is 5.79 Å². The predicted octanol–water partition coefficient (Wildman–Crippen LogP) is 4.73. The topological polar surface area (TPSA) is 35.5 Å². The Morgan fingerprint density at radius 1 is 0.840 bits per heavy atom. The van der Waals surface area contributed by atoms with E-state index in [1.807, 2.05) is 0 Å². The number of fused-ring (bicyclic) bond motifs is 6. The fourth-order valence-corrected chi connectivity index (χ4v) is 8.29. The van der Waals surface area contributed by atoms with Gasteiger partial charge in [0.2, 0.25) is 0 Å². The van der Waals surface area contributed by atoms with Crippen molar-refractivity contribution in [3.8, 4) is 0 Å². The zero-order valence-corrected chi connectivity index (χ0v) is 16.2. The third-order valence-electron chi connectivity index (χ3n) is 9.97. The van der Waals surface area contributed by atoms with E-state index in [9.17, 15) is 4.79 Å². The predicted molar refractivity (Wildman–Crippen MR) is 96.0 cm³/mol. The zero-order valence-electron chi connectivity index (χ0n) is 16.2. The fourth-order valence-electron chi connectivity index (χ4n) is 8.29. The molecule has 0 N–H and O–H groups in total. The van der Waals surface area contributed by atoms with Crippen LogP contribution in [0.25, 0.3) is 0 Å². The van der Waals surface area contributed by atoms with Crippen molar-refractivity contribution in [2.24, 2.45) is 34.0 Å². The standard InChI is InChI=1S/C22H34O3/c1-19-8-5-16-17(20(19,2)9-4-15(23)14-19)6-10-21(3)18(16)7-11-22(21)24-12-13-25-22/h16-18H,4-14H2,1-3H3/t16?,17-,18?,19-,20?,21?/m0/s1. The lowest BCUT2D eigenvalue weighted by Crippen LogP contribution is -2.59. The average molecular weight is 347 g/mol. The van der Waals surface area contributed by atoms with Gasteiger partial charge in [-0.05, 0) is 67.1 Å². The van der Waals surface area contributed by atoms with Crippen molar-refractivity contribution in [3.05, 3.63) is 0 Å². The van der Waals surface area contributed by atoms with Crippen molar-refractivity contribution in [1.29, 1.82) is 0 Å². The van der Waals surface area contributed by atoms with E-state index in [2.05, 4.69) is 20.8 Å². The normalized spacial score (nSPS) is 54.2. The molecular formula is C22H34O3. The molecule has 1 aliphatic heterocycles. The number of hydrogen-bond donors (Lipinski definition) is 0. The summed E-state index contributed by atoms with van der Waals surface area (Å²) in [5.74, 6) is 2.55. The molecule has 3 nitrogen and oxygen atoms in total. The molecular weight excluding hydrogens is 312 g/mol. The molecule has 0 aromatic carbocycles. The summed E-state index contributed by atoms with van der Waals surface area (Å²) in [6, 6.07) is 0. The summed E-state index contributed by atoms with van der Waals surface area (Å²) < 4.78 is 12.5. The van der Waals surface area contributed by atoms with Gasteiger partial charge in [0.25, 0.3) is 0 Å². The lowest BCUT2D eigenvalue weighted by atomic mass is 9.40. The molecule has 0 aromatic heterocycles. The Kier molecular flexibility index (Phi) is 3.41. The molecule has 3 heteroatoms. The summed E-state index contributed by atoms with van der Waals surface area (Å²) >= 11 is 0. The van der Waals surface area contributed by atoms with Crippen molar-refractivity contribution in [2.45, 2.75) is 84.3 Å². The number of carbonyl (C=O) groups is 1. The van der Waals surface area contributed by atoms with Crippen LogP contribution in [0.5, 0.6) is 0 Å². The molecule has 140 valence electrons. The van der Waals surface area contributed by atoms with Crippen LogP contribution in [-0.2, 0) is 14.3 Å². The molecule has 6 atom stereocenters. The van der Waals surface area contributed by atoms with Gasteiger partial charge in [-0.15, -0.1) is 0 Å². The Morgan fingerprint density at radius 3 is 2.28 bits per heavy atom. The second-order valence-corrected chi connectivity index (χ2v) is 10.6. The fraction of sp³-hybridized carbons (Fsp3) is 0.955. The maximum absolute atomic E-state index is 12.2. The van der Waals surface area contributed by atoms with Gasteiger partial charge in [-0.2, -0.15) is 0 Å². The van der Waals surface area contributed by atoms with E-state index in [4.69, 9.17) is 9.47 Å². The monoisotopic (exact) mass is 346 g/mol. The molecule has 5 fully saturated rings. The Bertz CT molecular complexity index is 594. The quantitative estimate of drug-likeness (QED) is 0.636. The summed E-state index contributed by atoms with van der Waals surface area (Å²) in [5.41, 5.74) is 0.769. The number of carbonyl (C=O) groups excluding carboxylic acids is 1. The summed E-state index contributed by atoms with van der Waals surface area (Å²) in [6.45, 7) is 8.97. The molecule has 0 radical (unpaired) electrons. The smallest absolute Gasteiger partial charge is 0.174 e. The minimum absolute atomic E-state index is 0.194. The van der Waals surface area contributed by atoms with E-state index in [1.54, 1.807) is 0 Å². The summed E-state index contributed by atoms with van der Waals surface area (Å²) in [4.78, 5) is 12.2. The number of ketones is 1. The van der Waals surface area contributed by atoms with Crippen LogP contribution < -0.4 is 0 Å². The molecule has 1 heterocycles. The van der Waals surface area contributed by atoms with Crippen LogP contribution in [0, 0.1) is 34.0 Å². The van der Waals surface area contributed by atoms with Gasteiger partial charge in [-0.3, -0.25) is 4.79 Å². The first-order valence-electron chi connectivity index (χ1n) is 10.6. The van der Waals surface area contributed by atoms with Gasteiger partial charge in [0, 0.05) is 24.7 Å². The highest BCUT2D eigenvalue weighted by Gasteiger charge is 2.68. The molecule has 5 aliphatic rings. The second-order valence-electron chi connectivity index (χ2n) is 10.6. The molecule has 4 unspecified atom stereocenters. The van der Waals surface area contributed by atoms with Gasteiger partial charge in [0.05, 0.1) is 13.2 Å². The van der Waals surface area contributed by atoms with E-state index < -0.39 is 0 Å². The highest BCUT2D eigenvalue weighted by atomic mass is 16.7. The second kappa shape index (κ2) is 5.10. The van der Waals surface area contributed by atoms with E-state index in [0.717, 1.165) is 56.7 Å². The van der Waals surface area contributed by atoms with Gasteiger partial charge in [-0.1, -0.05) is 20.8 Å². The molecule has 5 rings (SSSR count). The number of ether oxygens (including phenoxy) is 2. The SMILES string of the molecule is CC12CC[C@H]3C(CC[C@@]4(C)CC(=O)CCC34C)C1CCC21OCCO1. The first-order valence-corrected chi connectivity index (χ1v) is 10.6. The van der Waals surface area contributed by atoms with E-state index in [0.29, 0.717) is 11.2 Å². The maximum Gasteiger partial charge on any atom is 0.174 e. The Morgan fingerprint density at radius 2 is 1.52 bits per heavy atom. The zero-order chi connectivity index (χ0) is 17.5. The summed E-state index contributed by atoms with van der Waals surface area (Å²) in [5, 5.41) is 0. The highest BCUT2D eigenvalue weighted by molar-refractivity contribution is 5.80. The first-order chi connectivity index (χ1) is 11.8. The van der Waals surface area contributed by atoms with E-state index in [-0.39, 0.29) is 16.6 Å². The average Bonchev–Trinajstić information content (AvgIpc) is 3.16. The van der Waals surface area contributed by atoms with Crippen LogP contribution in [-0.4, -0.2) is 24.8 Å². The van der Waals surface area contributed by atoms with Gasteiger partial charge >= 0.3 is 0 Å². The van der Waals surface area contributed by atoms with Crippen molar-refractivity contribution in [2.75, 3.05) is 13.2 Å². The Hall–Kier alpha value is -0.410. The maximum atomic E-state index is 12.2. The largest absolute Gasteiger partial charge is 0.347 e. The van der Waals surface area contributed by atoms with E-state index in [1.165, 1.54) is 32.1 Å². The molecule has 4 saturated carbocycles. The van der Waals surface area contributed by atoms with Crippen molar-refractivity contribution >= 4 is 5.78 Å². The Balaban J connectivity index is 1.49. The summed E-state index contributed by atoms with van der Waals surface area (Å²) in [6.07, 6.45) is 10.2. The van der Waals surface area contributed by atoms with Crippen molar-refractivity contribution in [3.63, 3.8) is 0 Å².